The number of nitrogens with one attached hydrogen (secondary N) is 1. The third kappa shape index (κ3) is 6.77. The van der Waals surface area contributed by atoms with E-state index < -0.39 is 30.3 Å². The highest BCUT2D eigenvalue weighted by Gasteiger charge is 2.22. The van der Waals surface area contributed by atoms with Gasteiger partial charge in [-0.05, 0) is 14.1 Å². The van der Waals surface area contributed by atoms with Crippen LogP contribution in [0.15, 0.2) is 0 Å². The molecule has 92 valence electrons. The summed E-state index contributed by atoms with van der Waals surface area (Å²) in [6, 6.07) is -1.37. The highest BCUT2D eigenvalue weighted by Crippen LogP contribution is 1.94. The zero-order valence-electron chi connectivity index (χ0n) is 9.27. The number of aliphatic carboxylic acids is 2. The second-order valence-corrected chi connectivity index (χ2v) is 3.61. The maximum absolute atomic E-state index is 11.2. The van der Waals surface area contributed by atoms with E-state index in [0.717, 1.165) is 0 Å². The Balaban J connectivity index is 4.13. The van der Waals surface area contributed by atoms with Gasteiger partial charge in [0, 0.05) is 13.0 Å². The number of rotatable bonds is 7. The van der Waals surface area contributed by atoms with Crippen LogP contribution in [0.3, 0.4) is 0 Å². The topological polar surface area (TPSA) is 107 Å². The van der Waals surface area contributed by atoms with Crippen LogP contribution in [-0.2, 0) is 14.4 Å². The monoisotopic (exact) mass is 232 g/mol. The zero-order chi connectivity index (χ0) is 12.7. The Bertz CT molecular complexity index is 277. The summed E-state index contributed by atoms with van der Waals surface area (Å²) in [5.74, 6) is -3.08. The second-order valence-electron chi connectivity index (χ2n) is 3.61. The lowest BCUT2D eigenvalue weighted by molar-refractivity contribution is -0.147. The first-order valence-corrected chi connectivity index (χ1v) is 4.71. The quantitative estimate of drug-likeness (QED) is 0.518. The van der Waals surface area contributed by atoms with Crippen molar-refractivity contribution in [1.29, 1.82) is 0 Å². The van der Waals surface area contributed by atoms with Crippen LogP contribution < -0.4 is 5.32 Å². The van der Waals surface area contributed by atoms with Gasteiger partial charge < -0.3 is 20.4 Å². The molecule has 0 rings (SSSR count). The third-order valence-corrected chi connectivity index (χ3v) is 1.80. The van der Waals surface area contributed by atoms with E-state index in [-0.39, 0.29) is 6.42 Å². The standard InChI is InChI=1S/C9H16N2O5/c1-11(2)4-3-7(12)10-6(9(15)16)5-8(13)14/h6H,3-5H2,1-2H3,(H,10,12)(H,13,14)(H,15,16). The highest BCUT2D eigenvalue weighted by atomic mass is 16.4. The molecule has 0 aromatic heterocycles. The van der Waals surface area contributed by atoms with Crippen molar-refractivity contribution < 1.29 is 24.6 Å². The summed E-state index contributed by atoms with van der Waals surface area (Å²) in [6.45, 7) is 0.477. The van der Waals surface area contributed by atoms with Crippen molar-refractivity contribution in [2.24, 2.45) is 0 Å². The molecule has 0 aromatic rings. The lowest BCUT2D eigenvalue weighted by Crippen LogP contribution is -2.42. The second kappa shape index (κ2) is 6.78. The average Bonchev–Trinajstić information content (AvgIpc) is 2.12. The molecule has 7 heteroatoms. The van der Waals surface area contributed by atoms with E-state index in [4.69, 9.17) is 10.2 Å². The smallest absolute Gasteiger partial charge is 0.326 e. The van der Waals surface area contributed by atoms with Gasteiger partial charge in [0.05, 0.1) is 6.42 Å². The number of hydrogen-bond acceptors (Lipinski definition) is 4. The minimum atomic E-state index is -1.37. The fourth-order valence-electron chi connectivity index (χ4n) is 0.966. The van der Waals surface area contributed by atoms with E-state index in [1.54, 1.807) is 19.0 Å². The van der Waals surface area contributed by atoms with Crippen LogP contribution in [-0.4, -0.2) is 59.6 Å². The molecule has 1 atom stereocenters. The van der Waals surface area contributed by atoms with Gasteiger partial charge in [-0.15, -0.1) is 0 Å². The van der Waals surface area contributed by atoms with Crippen molar-refractivity contribution in [3.63, 3.8) is 0 Å². The summed E-state index contributed by atoms with van der Waals surface area (Å²) in [4.78, 5) is 34.0. The Morgan fingerprint density at radius 3 is 2.19 bits per heavy atom. The Hall–Kier alpha value is -1.63. The molecular formula is C9H16N2O5. The summed E-state index contributed by atoms with van der Waals surface area (Å²) in [6.07, 6.45) is -0.487. The van der Waals surface area contributed by atoms with Crippen molar-refractivity contribution in [2.75, 3.05) is 20.6 Å². The molecule has 0 fully saturated rings. The SMILES string of the molecule is CN(C)CCC(=O)NC(CC(=O)O)C(=O)O. The van der Waals surface area contributed by atoms with Crippen LogP contribution in [0.4, 0.5) is 0 Å². The first kappa shape index (κ1) is 14.4. The summed E-state index contributed by atoms with van der Waals surface area (Å²) in [7, 11) is 3.55. The van der Waals surface area contributed by atoms with Crippen molar-refractivity contribution in [2.45, 2.75) is 18.9 Å². The van der Waals surface area contributed by atoms with E-state index in [9.17, 15) is 14.4 Å². The molecule has 0 spiro atoms. The molecule has 0 heterocycles. The Labute approximate surface area is 93.0 Å². The molecule has 0 aliphatic heterocycles. The van der Waals surface area contributed by atoms with E-state index in [1.165, 1.54) is 0 Å². The lowest BCUT2D eigenvalue weighted by atomic mass is 10.2. The van der Waals surface area contributed by atoms with Crippen LogP contribution >= 0.6 is 0 Å². The molecule has 7 nitrogen and oxygen atoms in total. The molecule has 1 unspecified atom stereocenters. The van der Waals surface area contributed by atoms with Gasteiger partial charge in [-0.2, -0.15) is 0 Å². The molecule has 0 aromatic carbocycles. The van der Waals surface area contributed by atoms with E-state index >= 15 is 0 Å². The van der Waals surface area contributed by atoms with Gasteiger partial charge in [0.2, 0.25) is 5.91 Å². The van der Waals surface area contributed by atoms with Crippen LogP contribution in [0.1, 0.15) is 12.8 Å². The van der Waals surface area contributed by atoms with E-state index in [1.807, 2.05) is 0 Å². The van der Waals surface area contributed by atoms with Crippen molar-refractivity contribution >= 4 is 17.8 Å². The van der Waals surface area contributed by atoms with Crippen LogP contribution in [0.2, 0.25) is 0 Å². The average molecular weight is 232 g/mol. The number of nitrogens with zero attached hydrogens (tertiary/aromatic N) is 1. The number of carboxylic acids is 2. The molecule has 0 saturated heterocycles. The minimum Gasteiger partial charge on any atom is -0.481 e. The van der Waals surface area contributed by atoms with Crippen LogP contribution in [0.25, 0.3) is 0 Å². The van der Waals surface area contributed by atoms with Gasteiger partial charge in [0.1, 0.15) is 6.04 Å². The summed E-state index contributed by atoms with van der Waals surface area (Å²) in [5.41, 5.74) is 0. The third-order valence-electron chi connectivity index (χ3n) is 1.80. The highest BCUT2D eigenvalue weighted by molar-refractivity contribution is 5.86. The van der Waals surface area contributed by atoms with E-state index in [2.05, 4.69) is 5.32 Å². The molecular weight excluding hydrogens is 216 g/mol. The first-order chi connectivity index (χ1) is 7.32. The molecule has 0 aliphatic rings. The van der Waals surface area contributed by atoms with Crippen LogP contribution in [0, 0.1) is 0 Å². The number of amides is 1. The van der Waals surface area contributed by atoms with Gasteiger partial charge in [-0.25, -0.2) is 4.79 Å². The normalized spacial score (nSPS) is 12.2. The lowest BCUT2D eigenvalue weighted by Gasteiger charge is -2.13. The zero-order valence-corrected chi connectivity index (χ0v) is 9.27. The predicted molar refractivity (Wildman–Crippen MR) is 55.0 cm³/mol. The van der Waals surface area contributed by atoms with Gasteiger partial charge in [-0.3, -0.25) is 9.59 Å². The molecule has 3 N–H and O–H groups in total. The fraction of sp³-hybridized carbons (Fsp3) is 0.667. The Morgan fingerprint density at radius 2 is 1.81 bits per heavy atom. The number of carboxylic acid groups (broad SMARTS) is 2. The molecule has 0 aliphatic carbocycles. The van der Waals surface area contributed by atoms with Gasteiger partial charge >= 0.3 is 11.9 Å². The first-order valence-electron chi connectivity index (χ1n) is 4.71. The molecule has 1 amide bonds. The van der Waals surface area contributed by atoms with Crippen molar-refractivity contribution in [3.8, 4) is 0 Å². The van der Waals surface area contributed by atoms with Gasteiger partial charge in [0.25, 0.3) is 0 Å². The number of carbonyl (C=O) groups excluding carboxylic acids is 1. The van der Waals surface area contributed by atoms with Crippen molar-refractivity contribution in [3.05, 3.63) is 0 Å². The predicted octanol–water partition coefficient (Wildman–Crippen LogP) is -1.02. The number of hydrogen-bond donors (Lipinski definition) is 3. The van der Waals surface area contributed by atoms with Gasteiger partial charge in [-0.1, -0.05) is 0 Å². The molecule has 0 bridgehead atoms. The molecule has 0 saturated carbocycles. The largest absolute Gasteiger partial charge is 0.481 e. The van der Waals surface area contributed by atoms with Crippen molar-refractivity contribution in [1.82, 2.24) is 10.2 Å². The maximum atomic E-state index is 11.2. The molecule has 0 radical (unpaired) electrons. The Morgan fingerprint density at radius 1 is 1.25 bits per heavy atom. The van der Waals surface area contributed by atoms with Gasteiger partial charge in [0.15, 0.2) is 0 Å². The Kier molecular flexibility index (Phi) is 6.09. The molecule has 16 heavy (non-hydrogen) atoms. The number of carbonyl (C=O) groups is 3. The maximum Gasteiger partial charge on any atom is 0.326 e. The van der Waals surface area contributed by atoms with Crippen LogP contribution in [0.5, 0.6) is 0 Å². The summed E-state index contributed by atoms with van der Waals surface area (Å²) >= 11 is 0. The fourth-order valence-corrected chi connectivity index (χ4v) is 0.966. The minimum absolute atomic E-state index is 0.135. The summed E-state index contributed by atoms with van der Waals surface area (Å²) < 4.78 is 0. The van der Waals surface area contributed by atoms with E-state index in [0.29, 0.717) is 6.54 Å². The summed E-state index contributed by atoms with van der Waals surface area (Å²) in [5, 5.41) is 19.3.